The third-order valence-electron chi connectivity index (χ3n) is 5.62. The molecule has 1 aromatic carbocycles. The van der Waals surface area contributed by atoms with E-state index in [2.05, 4.69) is 5.32 Å². The number of amides is 3. The first-order valence-corrected chi connectivity index (χ1v) is 10.2. The summed E-state index contributed by atoms with van der Waals surface area (Å²) in [5, 5.41) is 2.72. The van der Waals surface area contributed by atoms with Crippen molar-refractivity contribution in [1.82, 2.24) is 15.1 Å². The molecule has 0 spiro atoms. The molecule has 1 atom stereocenters. The highest BCUT2D eigenvalue weighted by atomic mass is 19.2. The van der Waals surface area contributed by atoms with Crippen LogP contribution in [-0.2, 0) is 20.9 Å². The van der Waals surface area contributed by atoms with Crippen molar-refractivity contribution in [1.29, 1.82) is 0 Å². The van der Waals surface area contributed by atoms with Crippen LogP contribution in [0, 0.1) is 17.6 Å². The second-order valence-electron chi connectivity index (χ2n) is 7.83. The van der Waals surface area contributed by atoms with E-state index in [0.29, 0.717) is 44.5 Å². The van der Waals surface area contributed by atoms with Gasteiger partial charge in [-0.2, -0.15) is 0 Å². The van der Waals surface area contributed by atoms with Crippen molar-refractivity contribution in [2.45, 2.75) is 45.1 Å². The first kappa shape index (κ1) is 21.2. The molecule has 2 saturated heterocycles. The Labute approximate surface area is 169 Å². The molecule has 1 N–H and O–H groups in total. The smallest absolute Gasteiger partial charge is 0.242 e. The molecular weight excluding hydrogens is 380 g/mol. The van der Waals surface area contributed by atoms with Crippen molar-refractivity contribution < 1.29 is 23.2 Å². The average Bonchev–Trinajstić information content (AvgIpc) is 3.12. The van der Waals surface area contributed by atoms with Crippen molar-refractivity contribution in [3.63, 3.8) is 0 Å². The van der Waals surface area contributed by atoms with Gasteiger partial charge in [0.05, 0.1) is 6.54 Å². The predicted molar refractivity (Wildman–Crippen MR) is 103 cm³/mol. The van der Waals surface area contributed by atoms with Crippen molar-refractivity contribution in [2.75, 3.05) is 26.2 Å². The van der Waals surface area contributed by atoms with Gasteiger partial charge in [-0.15, -0.1) is 0 Å². The summed E-state index contributed by atoms with van der Waals surface area (Å²) in [5.41, 5.74) is 0.503. The quantitative estimate of drug-likeness (QED) is 0.754. The molecule has 0 unspecified atom stereocenters. The van der Waals surface area contributed by atoms with Gasteiger partial charge in [0.1, 0.15) is 0 Å². The van der Waals surface area contributed by atoms with E-state index in [9.17, 15) is 23.2 Å². The fourth-order valence-corrected chi connectivity index (χ4v) is 3.94. The minimum absolute atomic E-state index is 0.0206. The van der Waals surface area contributed by atoms with Gasteiger partial charge in [-0.3, -0.25) is 14.4 Å². The number of hydrogen-bond acceptors (Lipinski definition) is 3. The highest BCUT2D eigenvalue weighted by molar-refractivity contribution is 5.86. The van der Waals surface area contributed by atoms with Crippen LogP contribution in [0.1, 0.15) is 44.1 Å². The molecule has 0 aromatic heterocycles. The Morgan fingerprint density at radius 1 is 1.14 bits per heavy atom. The molecule has 2 aliphatic rings. The van der Waals surface area contributed by atoms with Gasteiger partial charge in [0.25, 0.3) is 0 Å². The van der Waals surface area contributed by atoms with Crippen molar-refractivity contribution in [3.05, 3.63) is 35.4 Å². The maximum Gasteiger partial charge on any atom is 0.242 e. The molecule has 158 valence electrons. The zero-order chi connectivity index (χ0) is 20.8. The molecule has 0 bridgehead atoms. The van der Waals surface area contributed by atoms with Gasteiger partial charge >= 0.3 is 0 Å². The first-order chi connectivity index (χ1) is 13.9. The molecule has 2 heterocycles. The van der Waals surface area contributed by atoms with E-state index in [1.165, 1.54) is 6.07 Å². The van der Waals surface area contributed by atoms with E-state index in [1.54, 1.807) is 9.80 Å². The van der Waals surface area contributed by atoms with Gasteiger partial charge in [-0.1, -0.05) is 6.07 Å². The van der Waals surface area contributed by atoms with E-state index in [0.717, 1.165) is 31.4 Å². The van der Waals surface area contributed by atoms with Crippen LogP contribution in [0.15, 0.2) is 18.2 Å². The van der Waals surface area contributed by atoms with Gasteiger partial charge in [0.15, 0.2) is 11.6 Å². The predicted octanol–water partition coefficient (Wildman–Crippen LogP) is 2.22. The van der Waals surface area contributed by atoms with E-state index >= 15 is 0 Å². The number of likely N-dealkylation sites (tertiary alicyclic amines) is 2. The zero-order valence-corrected chi connectivity index (χ0v) is 16.5. The van der Waals surface area contributed by atoms with Crippen LogP contribution in [-0.4, -0.2) is 53.7 Å². The molecule has 3 amide bonds. The van der Waals surface area contributed by atoms with E-state index < -0.39 is 11.6 Å². The summed E-state index contributed by atoms with van der Waals surface area (Å²) in [4.78, 5) is 39.7. The summed E-state index contributed by atoms with van der Waals surface area (Å²) in [6.45, 7) is 2.26. The number of piperidine rings is 1. The molecule has 29 heavy (non-hydrogen) atoms. The van der Waals surface area contributed by atoms with Gasteiger partial charge in [0.2, 0.25) is 17.7 Å². The second kappa shape index (κ2) is 9.80. The largest absolute Gasteiger partial charge is 0.352 e. The lowest BCUT2D eigenvalue weighted by molar-refractivity contribution is -0.139. The molecule has 6 nitrogen and oxygen atoms in total. The standard InChI is InChI=1S/C21H27F2N3O3/c22-17-7-5-16(11-18(17)23)12-24-19(27)8-6-15-3-1-9-25(13-15)21(29)14-26-10-2-4-20(26)28/h5,7,11,15H,1-4,6,8-10,12-14H2,(H,24,27)/t15-/m0/s1. The lowest BCUT2D eigenvalue weighted by atomic mass is 9.93. The summed E-state index contributed by atoms with van der Waals surface area (Å²) in [7, 11) is 0. The fourth-order valence-electron chi connectivity index (χ4n) is 3.94. The number of nitrogens with one attached hydrogen (secondary N) is 1. The Bertz CT molecular complexity index is 772. The summed E-state index contributed by atoms with van der Waals surface area (Å²) in [5.74, 6) is -1.72. The number of rotatable bonds is 7. The fraction of sp³-hybridized carbons (Fsp3) is 0.571. The van der Waals surface area contributed by atoms with Crippen LogP contribution in [0.5, 0.6) is 0 Å². The average molecular weight is 407 g/mol. The Hall–Kier alpha value is -2.51. The molecule has 0 saturated carbocycles. The number of benzene rings is 1. The summed E-state index contributed by atoms with van der Waals surface area (Å²) >= 11 is 0. The van der Waals surface area contributed by atoms with Gasteiger partial charge in [-0.05, 0) is 49.3 Å². The minimum atomic E-state index is -0.931. The topological polar surface area (TPSA) is 69.7 Å². The second-order valence-corrected chi connectivity index (χ2v) is 7.83. The van der Waals surface area contributed by atoms with Crippen LogP contribution in [0.2, 0.25) is 0 Å². The maximum atomic E-state index is 13.2. The van der Waals surface area contributed by atoms with Crippen molar-refractivity contribution in [2.24, 2.45) is 5.92 Å². The van der Waals surface area contributed by atoms with Crippen molar-refractivity contribution >= 4 is 17.7 Å². The number of halogens is 2. The van der Waals surface area contributed by atoms with Gasteiger partial charge < -0.3 is 15.1 Å². The highest BCUT2D eigenvalue weighted by Gasteiger charge is 2.28. The Balaban J connectivity index is 1.39. The van der Waals surface area contributed by atoms with Crippen LogP contribution in [0.4, 0.5) is 8.78 Å². The first-order valence-electron chi connectivity index (χ1n) is 10.2. The molecule has 1 aromatic rings. The Kier molecular flexibility index (Phi) is 7.17. The summed E-state index contributed by atoms with van der Waals surface area (Å²) in [6.07, 6.45) is 4.17. The lowest BCUT2D eigenvalue weighted by Crippen LogP contribution is -2.45. The SMILES string of the molecule is O=C(CC[C@@H]1CCCN(C(=O)CN2CCCC2=O)C1)NCc1ccc(F)c(F)c1. The van der Waals surface area contributed by atoms with E-state index in [1.807, 2.05) is 0 Å². The number of nitrogens with zero attached hydrogens (tertiary/aromatic N) is 2. The lowest BCUT2D eigenvalue weighted by Gasteiger charge is -2.33. The number of carbonyl (C=O) groups is 3. The summed E-state index contributed by atoms with van der Waals surface area (Å²) < 4.78 is 26.1. The molecule has 0 aliphatic carbocycles. The third kappa shape index (κ3) is 5.98. The molecule has 0 radical (unpaired) electrons. The molecule has 8 heteroatoms. The van der Waals surface area contributed by atoms with Crippen molar-refractivity contribution in [3.8, 4) is 0 Å². The minimum Gasteiger partial charge on any atom is -0.352 e. The van der Waals surface area contributed by atoms with E-state index in [-0.39, 0.29) is 36.7 Å². The molecular formula is C21H27F2N3O3. The monoisotopic (exact) mass is 407 g/mol. The van der Waals surface area contributed by atoms with Crippen LogP contribution in [0.3, 0.4) is 0 Å². The van der Waals surface area contributed by atoms with E-state index in [4.69, 9.17) is 0 Å². The number of carbonyl (C=O) groups excluding carboxylic acids is 3. The number of hydrogen-bond donors (Lipinski definition) is 1. The van der Waals surface area contributed by atoms with Gasteiger partial charge in [0, 0.05) is 39.0 Å². The molecule has 2 aliphatic heterocycles. The normalized spacial score (nSPS) is 19.5. The highest BCUT2D eigenvalue weighted by Crippen LogP contribution is 2.22. The molecule has 3 rings (SSSR count). The van der Waals surface area contributed by atoms with Gasteiger partial charge in [-0.25, -0.2) is 8.78 Å². The Morgan fingerprint density at radius 2 is 1.97 bits per heavy atom. The van der Waals surface area contributed by atoms with Crippen LogP contribution < -0.4 is 5.32 Å². The molecule has 2 fully saturated rings. The van der Waals surface area contributed by atoms with Crippen LogP contribution in [0.25, 0.3) is 0 Å². The summed E-state index contributed by atoms with van der Waals surface area (Å²) in [6, 6.07) is 3.56. The Morgan fingerprint density at radius 3 is 2.69 bits per heavy atom. The van der Waals surface area contributed by atoms with Crippen LogP contribution >= 0.6 is 0 Å². The third-order valence-corrected chi connectivity index (χ3v) is 5.62. The maximum absolute atomic E-state index is 13.2. The zero-order valence-electron chi connectivity index (χ0n) is 16.5.